The Balaban J connectivity index is 2.82. The van der Waals surface area contributed by atoms with E-state index in [1.165, 1.54) is 12.1 Å². The summed E-state index contributed by atoms with van der Waals surface area (Å²) in [4.78, 5) is 22.9. The summed E-state index contributed by atoms with van der Waals surface area (Å²) in [5.41, 5.74) is 0.935. The van der Waals surface area contributed by atoms with Crippen LogP contribution in [-0.2, 0) is 5.41 Å². The molecule has 4 heteroatoms. The van der Waals surface area contributed by atoms with Gasteiger partial charge in [-0.1, -0.05) is 50.0 Å². The van der Waals surface area contributed by atoms with Crippen molar-refractivity contribution in [2.24, 2.45) is 0 Å². The molecule has 0 unspecified atom stereocenters. The zero-order valence-electron chi connectivity index (χ0n) is 13.8. The zero-order valence-corrected chi connectivity index (χ0v) is 13.8. The summed E-state index contributed by atoms with van der Waals surface area (Å²) in [6, 6.07) is 9.56. The summed E-state index contributed by atoms with van der Waals surface area (Å²) in [7, 11) is 0. The van der Waals surface area contributed by atoms with Crippen LogP contribution in [0.5, 0.6) is 0 Å². The maximum absolute atomic E-state index is 11.5. The molecule has 25 heavy (non-hydrogen) atoms. The van der Waals surface area contributed by atoms with Crippen molar-refractivity contribution in [2.45, 2.75) is 19.3 Å². The van der Waals surface area contributed by atoms with Crippen LogP contribution in [0.15, 0.2) is 36.4 Å². The second kappa shape index (κ2) is 6.55. The minimum atomic E-state index is -1.12. The van der Waals surface area contributed by atoms with Gasteiger partial charge in [0.05, 0.1) is 11.1 Å². The van der Waals surface area contributed by atoms with Crippen molar-refractivity contribution in [1.82, 2.24) is 0 Å². The Hall–Kier alpha value is -3.50. The molecule has 0 saturated heterocycles. The van der Waals surface area contributed by atoms with Crippen LogP contribution < -0.4 is 0 Å². The van der Waals surface area contributed by atoms with Gasteiger partial charge in [0.2, 0.25) is 0 Å². The van der Waals surface area contributed by atoms with Crippen LogP contribution in [0.1, 0.15) is 56.8 Å². The number of terminal acetylenes is 2. The van der Waals surface area contributed by atoms with Crippen molar-refractivity contribution in [3.63, 3.8) is 0 Å². The number of benzene rings is 2. The lowest BCUT2D eigenvalue weighted by atomic mass is 9.73. The number of carbonyl (C=O) groups is 2. The molecule has 0 aliphatic carbocycles. The van der Waals surface area contributed by atoms with Crippen LogP contribution in [0, 0.1) is 24.7 Å². The third kappa shape index (κ3) is 2.98. The molecular formula is C21H16O4. The lowest BCUT2D eigenvalue weighted by Gasteiger charge is -2.29. The molecular weight excluding hydrogens is 316 g/mol. The van der Waals surface area contributed by atoms with Crippen molar-refractivity contribution < 1.29 is 19.8 Å². The second-order valence-electron chi connectivity index (χ2n) is 5.98. The first-order valence-electron chi connectivity index (χ1n) is 7.42. The maximum Gasteiger partial charge on any atom is 0.336 e. The summed E-state index contributed by atoms with van der Waals surface area (Å²) in [6.45, 7) is 3.66. The Labute approximate surface area is 146 Å². The molecule has 0 fully saturated rings. The molecule has 4 nitrogen and oxygen atoms in total. The molecule has 2 aromatic carbocycles. The first-order chi connectivity index (χ1) is 11.8. The van der Waals surface area contributed by atoms with Gasteiger partial charge >= 0.3 is 11.9 Å². The number of aromatic carboxylic acids is 2. The van der Waals surface area contributed by atoms with E-state index in [4.69, 9.17) is 12.8 Å². The highest BCUT2D eigenvalue weighted by molar-refractivity contribution is 5.92. The molecule has 0 heterocycles. The SMILES string of the molecule is C#Cc1c(C(=O)O)cccc1C(C)(C)c1cccc(C(=O)O)c1C#C. The van der Waals surface area contributed by atoms with Gasteiger partial charge in [-0.05, 0) is 23.3 Å². The van der Waals surface area contributed by atoms with Crippen molar-refractivity contribution in [1.29, 1.82) is 0 Å². The summed E-state index contributed by atoms with van der Waals surface area (Å²) >= 11 is 0. The Morgan fingerprint density at radius 2 is 1.20 bits per heavy atom. The normalized spacial score (nSPS) is 10.6. The first kappa shape index (κ1) is 17.8. The first-order valence-corrected chi connectivity index (χ1v) is 7.42. The maximum atomic E-state index is 11.5. The molecule has 0 bridgehead atoms. The van der Waals surface area contributed by atoms with Gasteiger partial charge in [0.1, 0.15) is 0 Å². The predicted octanol–water partition coefficient (Wildman–Crippen LogP) is 3.37. The number of hydrogen-bond acceptors (Lipinski definition) is 2. The highest BCUT2D eigenvalue weighted by Crippen LogP contribution is 2.37. The van der Waals surface area contributed by atoms with Crippen molar-refractivity contribution in [2.75, 3.05) is 0 Å². The Kier molecular flexibility index (Phi) is 4.68. The fourth-order valence-electron chi connectivity index (χ4n) is 2.96. The van der Waals surface area contributed by atoms with E-state index in [-0.39, 0.29) is 22.3 Å². The fourth-order valence-corrected chi connectivity index (χ4v) is 2.96. The standard InChI is InChI=1S/C21H16O4/c1-5-13-15(19(22)23)9-7-11-17(13)21(3,4)18-12-8-10-16(20(24)25)14(18)6-2/h1-2,7-12H,3-4H3,(H,22,23)(H,24,25). The van der Waals surface area contributed by atoms with Crippen LogP contribution in [0.2, 0.25) is 0 Å². The minimum Gasteiger partial charge on any atom is -0.478 e. The predicted molar refractivity (Wildman–Crippen MR) is 94.8 cm³/mol. The molecule has 0 atom stereocenters. The largest absolute Gasteiger partial charge is 0.478 e. The molecule has 2 N–H and O–H groups in total. The van der Waals surface area contributed by atoms with Gasteiger partial charge in [0.15, 0.2) is 0 Å². The van der Waals surface area contributed by atoms with Crippen molar-refractivity contribution in [3.8, 4) is 24.7 Å². The quantitative estimate of drug-likeness (QED) is 0.842. The van der Waals surface area contributed by atoms with Gasteiger partial charge in [0.25, 0.3) is 0 Å². The molecule has 0 aromatic heterocycles. The van der Waals surface area contributed by atoms with Crippen LogP contribution >= 0.6 is 0 Å². The van der Waals surface area contributed by atoms with E-state index in [1.807, 2.05) is 13.8 Å². The lowest BCUT2D eigenvalue weighted by molar-refractivity contribution is 0.0685. The van der Waals surface area contributed by atoms with Gasteiger partial charge in [0, 0.05) is 16.5 Å². The van der Waals surface area contributed by atoms with E-state index in [2.05, 4.69) is 11.8 Å². The fraction of sp³-hybridized carbons (Fsp3) is 0.143. The molecule has 2 rings (SSSR count). The Morgan fingerprint density at radius 3 is 1.48 bits per heavy atom. The van der Waals surface area contributed by atoms with E-state index in [0.29, 0.717) is 11.1 Å². The molecule has 0 aliphatic heterocycles. The van der Waals surface area contributed by atoms with Crippen molar-refractivity contribution in [3.05, 3.63) is 69.8 Å². The number of carboxylic acids is 2. The van der Waals surface area contributed by atoms with Gasteiger partial charge in [-0.25, -0.2) is 9.59 Å². The summed E-state index contributed by atoms with van der Waals surface area (Å²) in [5, 5.41) is 18.7. The van der Waals surface area contributed by atoms with E-state index in [1.54, 1.807) is 24.3 Å². The Bertz CT molecular complexity index is 875. The molecule has 0 aliphatic rings. The molecule has 0 saturated carbocycles. The summed E-state index contributed by atoms with van der Waals surface area (Å²) in [6.07, 6.45) is 11.1. The lowest BCUT2D eigenvalue weighted by Crippen LogP contribution is -2.24. The van der Waals surface area contributed by atoms with Gasteiger partial charge in [-0.3, -0.25) is 0 Å². The molecule has 0 spiro atoms. The van der Waals surface area contributed by atoms with E-state index in [0.717, 1.165) is 0 Å². The molecule has 124 valence electrons. The molecule has 0 amide bonds. The topological polar surface area (TPSA) is 74.6 Å². The Morgan fingerprint density at radius 1 is 0.840 bits per heavy atom. The summed E-state index contributed by atoms with van der Waals surface area (Å²) < 4.78 is 0. The van der Waals surface area contributed by atoms with Gasteiger partial charge in [-0.15, -0.1) is 12.8 Å². The van der Waals surface area contributed by atoms with Crippen LogP contribution in [0.4, 0.5) is 0 Å². The zero-order chi connectivity index (χ0) is 18.8. The van der Waals surface area contributed by atoms with E-state index in [9.17, 15) is 19.8 Å². The van der Waals surface area contributed by atoms with Crippen LogP contribution in [-0.4, -0.2) is 22.2 Å². The molecule has 2 aromatic rings. The minimum absolute atomic E-state index is 0.0183. The van der Waals surface area contributed by atoms with Gasteiger partial charge < -0.3 is 10.2 Å². The van der Waals surface area contributed by atoms with Gasteiger partial charge in [-0.2, -0.15) is 0 Å². The van der Waals surface area contributed by atoms with Crippen LogP contribution in [0.3, 0.4) is 0 Å². The monoisotopic (exact) mass is 332 g/mol. The molecule has 0 radical (unpaired) electrons. The highest BCUT2D eigenvalue weighted by atomic mass is 16.4. The average Bonchev–Trinajstić information content (AvgIpc) is 2.59. The van der Waals surface area contributed by atoms with Crippen LogP contribution in [0.25, 0.3) is 0 Å². The third-order valence-electron chi connectivity index (χ3n) is 4.23. The highest BCUT2D eigenvalue weighted by Gasteiger charge is 2.31. The average molecular weight is 332 g/mol. The van der Waals surface area contributed by atoms with Crippen molar-refractivity contribution >= 4 is 11.9 Å². The third-order valence-corrected chi connectivity index (χ3v) is 4.23. The number of hydrogen-bond donors (Lipinski definition) is 2. The number of rotatable bonds is 4. The second-order valence-corrected chi connectivity index (χ2v) is 5.98. The number of carboxylic acid groups (broad SMARTS) is 2. The summed E-state index contributed by atoms with van der Waals surface area (Å²) in [5.74, 6) is 2.65. The smallest absolute Gasteiger partial charge is 0.336 e. The van der Waals surface area contributed by atoms with E-state index >= 15 is 0 Å². The van der Waals surface area contributed by atoms with E-state index < -0.39 is 17.4 Å².